The van der Waals surface area contributed by atoms with Gasteiger partial charge in [-0.3, -0.25) is 0 Å². The topological polar surface area (TPSA) is 61.4 Å². The molecule has 4 rings (SSSR count). The van der Waals surface area contributed by atoms with Crippen LogP contribution in [0.3, 0.4) is 0 Å². The average molecular weight is 362 g/mol. The molecule has 0 bridgehead atoms. The molecule has 2 heterocycles. The summed E-state index contributed by atoms with van der Waals surface area (Å²) in [6.07, 6.45) is 6.16. The molecular formula is C21H18N2O2S. The molecule has 0 fully saturated rings. The molecule has 5 heteroatoms. The molecule has 0 radical (unpaired) electrons. The average Bonchev–Trinajstić information content (AvgIpc) is 3.15. The number of hydrogen-bond acceptors (Lipinski definition) is 4. The smallest absolute Gasteiger partial charge is 0.335 e. The summed E-state index contributed by atoms with van der Waals surface area (Å²) < 4.78 is 0. The molecule has 2 aromatic rings. The number of hydrogen-bond donors (Lipinski definition) is 3. The third kappa shape index (κ3) is 3.26. The number of rotatable bonds is 4. The summed E-state index contributed by atoms with van der Waals surface area (Å²) in [4.78, 5) is 12.5. The van der Waals surface area contributed by atoms with Gasteiger partial charge < -0.3 is 15.7 Å². The van der Waals surface area contributed by atoms with Crippen molar-refractivity contribution in [3.05, 3.63) is 100 Å². The summed E-state index contributed by atoms with van der Waals surface area (Å²) in [6, 6.07) is 17.4. The normalized spacial score (nSPS) is 18.9. The van der Waals surface area contributed by atoms with Gasteiger partial charge in [-0.05, 0) is 41.1 Å². The first-order valence-electron chi connectivity index (χ1n) is 8.39. The number of allylic oxidation sites excluding steroid dienone is 2. The van der Waals surface area contributed by atoms with Crippen molar-refractivity contribution >= 4 is 23.4 Å². The number of thioether (sulfide) groups is 1. The Labute approximate surface area is 156 Å². The van der Waals surface area contributed by atoms with Crippen LogP contribution in [0.2, 0.25) is 0 Å². The van der Waals surface area contributed by atoms with E-state index in [2.05, 4.69) is 34.9 Å². The van der Waals surface area contributed by atoms with E-state index in [-0.39, 0.29) is 5.37 Å². The molecule has 0 aromatic heterocycles. The molecule has 1 unspecified atom stereocenters. The van der Waals surface area contributed by atoms with E-state index < -0.39 is 5.97 Å². The minimum Gasteiger partial charge on any atom is -0.478 e. The standard InChI is InChI=1S/C21H18N2O2S/c24-21(25)17-8-4-7-16(13-17)18-19(14-9-11-22-12-10-14)26-20(23-18)15-5-2-1-3-6-15/h1-11,13,20,22-23H,12H2,(H,24,25). The van der Waals surface area contributed by atoms with Crippen molar-refractivity contribution in [3.8, 4) is 0 Å². The van der Waals surface area contributed by atoms with Crippen molar-refractivity contribution < 1.29 is 9.90 Å². The van der Waals surface area contributed by atoms with Crippen LogP contribution in [0.15, 0.2) is 83.4 Å². The first kappa shape index (κ1) is 16.5. The first-order chi connectivity index (χ1) is 12.7. The van der Waals surface area contributed by atoms with Crippen LogP contribution in [0.5, 0.6) is 0 Å². The number of carbonyl (C=O) groups is 1. The fraction of sp³-hybridized carbons (Fsp3) is 0.0952. The highest BCUT2D eigenvalue weighted by Gasteiger charge is 2.28. The Balaban J connectivity index is 1.76. The molecule has 2 aliphatic rings. The lowest BCUT2D eigenvalue weighted by molar-refractivity contribution is 0.0697. The predicted molar refractivity (Wildman–Crippen MR) is 105 cm³/mol. The Bertz CT molecular complexity index is 932. The van der Waals surface area contributed by atoms with Gasteiger partial charge in [0.2, 0.25) is 0 Å². The molecule has 0 saturated carbocycles. The Morgan fingerprint density at radius 3 is 2.69 bits per heavy atom. The summed E-state index contributed by atoms with van der Waals surface area (Å²) in [6.45, 7) is 0.786. The summed E-state index contributed by atoms with van der Waals surface area (Å²) in [5.74, 6) is -0.916. The van der Waals surface area contributed by atoms with Crippen LogP contribution < -0.4 is 10.6 Å². The SMILES string of the molecule is O=C(O)c1cccc(C2=C(C3=CCNC=C3)SC(c3ccccc3)N2)c1. The van der Waals surface area contributed by atoms with Crippen LogP contribution in [0.4, 0.5) is 0 Å². The quantitative estimate of drug-likeness (QED) is 0.763. The Hall–Kier alpha value is -2.92. The minimum absolute atomic E-state index is 0.0962. The molecule has 26 heavy (non-hydrogen) atoms. The molecule has 0 amide bonds. The number of carboxylic acid groups (broad SMARTS) is 1. The van der Waals surface area contributed by atoms with E-state index in [0.717, 1.165) is 28.3 Å². The van der Waals surface area contributed by atoms with Gasteiger partial charge in [0.05, 0.1) is 11.3 Å². The highest BCUT2D eigenvalue weighted by Crippen LogP contribution is 2.47. The van der Waals surface area contributed by atoms with Gasteiger partial charge in [0.15, 0.2) is 0 Å². The molecule has 2 aliphatic heterocycles. The Morgan fingerprint density at radius 2 is 1.96 bits per heavy atom. The van der Waals surface area contributed by atoms with Gasteiger partial charge in [0.1, 0.15) is 5.37 Å². The van der Waals surface area contributed by atoms with Gasteiger partial charge >= 0.3 is 5.97 Å². The zero-order valence-electron chi connectivity index (χ0n) is 14.0. The van der Waals surface area contributed by atoms with Crippen molar-refractivity contribution in [2.24, 2.45) is 0 Å². The second kappa shape index (κ2) is 7.14. The second-order valence-corrected chi connectivity index (χ2v) is 7.16. The van der Waals surface area contributed by atoms with Crippen LogP contribution in [0, 0.1) is 0 Å². The number of dihydropyridines is 1. The Morgan fingerprint density at radius 1 is 1.12 bits per heavy atom. The monoisotopic (exact) mass is 362 g/mol. The third-order valence-electron chi connectivity index (χ3n) is 4.32. The van der Waals surface area contributed by atoms with Crippen molar-refractivity contribution in [1.82, 2.24) is 10.6 Å². The number of aromatic carboxylic acids is 1. The number of nitrogens with one attached hydrogen (secondary N) is 2. The molecule has 0 aliphatic carbocycles. The summed E-state index contributed by atoms with van der Waals surface area (Å²) in [5, 5.41) is 16.2. The zero-order valence-corrected chi connectivity index (χ0v) is 14.8. The van der Waals surface area contributed by atoms with E-state index in [1.807, 2.05) is 30.5 Å². The zero-order chi connectivity index (χ0) is 17.9. The molecule has 0 spiro atoms. The lowest BCUT2D eigenvalue weighted by Gasteiger charge is -2.13. The van der Waals surface area contributed by atoms with E-state index in [4.69, 9.17) is 0 Å². The molecule has 1 atom stereocenters. The largest absolute Gasteiger partial charge is 0.478 e. The van der Waals surface area contributed by atoms with Crippen LogP contribution in [0.25, 0.3) is 5.70 Å². The van der Waals surface area contributed by atoms with Crippen LogP contribution in [0.1, 0.15) is 26.9 Å². The van der Waals surface area contributed by atoms with Gasteiger partial charge in [0.25, 0.3) is 0 Å². The lowest BCUT2D eigenvalue weighted by atomic mass is 10.0. The third-order valence-corrected chi connectivity index (χ3v) is 5.62. The van der Waals surface area contributed by atoms with Crippen molar-refractivity contribution in [2.45, 2.75) is 5.37 Å². The Kier molecular flexibility index (Phi) is 4.54. The number of carboxylic acids is 1. The maximum absolute atomic E-state index is 11.4. The molecular weight excluding hydrogens is 344 g/mol. The number of benzene rings is 2. The molecule has 2 aromatic carbocycles. The highest BCUT2D eigenvalue weighted by atomic mass is 32.2. The van der Waals surface area contributed by atoms with Crippen LogP contribution >= 0.6 is 11.8 Å². The summed E-state index contributed by atoms with van der Waals surface area (Å²) in [7, 11) is 0. The van der Waals surface area contributed by atoms with Gasteiger partial charge in [-0.1, -0.05) is 60.3 Å². The second-order valence-electron chi connectivity index (χ2n) is 6.04. The molecule has 130 valence electrons. The van der Waals surface area contributed by atoms with E-state index in [9.17, 15) is 9.90 Å². The first-order valence-corrected chi connectivity index (χ1v) is 9.27. The van der Waals surface area contributed by atoms with E-state index >= 15 is 0 Å². The fourth-order valence-corrected chi connectivity index (χ4v) is 4.33. The van der Waals surface area contributed by atoms with Crippen molar-refractivity contribution in [3.63, 3.8) is 0 Å². The maximum atomic E-state index is 11.4. The van der Waals surface area contributed by atoms with E-state index in [1.165, 1.54) is 5.56 Å². The van der Waals surface area contributed by atoms with E-state index in [1.54, 1.807) is 30.0 Å². The maximum Gasteiger partial charge on any atom is 0.335 e. The summed E-state index contributed by atoms with van der Waals surface area (Å²) in [5.41, 5.74) is 4.50. The van der Waals surface area contributed by atoms with Gasteiger partial charge in [-0.15, -0.1) is 0 Å². The molecule has 0 saturated heterocycles. The fourth-order valence-electron chi connectivity index (χ4n) is 3.04. The van der Waals surface area contributed by atoms with Gasteiger partial charge in [0, 0.05) is 11.4 Å². The van der Waals surface area contributed by atoms with Gasteiger partial charge in [-0.2, -0.15) is 0 Å². The van der Waals surface area contributed by atoms with Crippen molar-refractivity contribution in [1.29, 1.82) is 0 Å². The highest BCUT2D eigenvalue weighted by molar-refractivity contribution is 8.04. The molecule has 3 N–H and O–H groups in total. The molecule has 4 nitrogen and oxygen atoms in total. The van der Waals surface area contributed by atoms with E-state index in [0.29, 0.717) is 5.56 Å². The minimum atomic E-state index is -0.916. The van der Waals surface area contributed by atoms with Gasteiger partial charge in [-0.25, -0.2) is 4.79 Å². The predicted octanol–water partition coefficient (Wildman–Crippen LogP) is 4.13. The summed E-state index contributed by atoms with van der Waals surface area (Å²) >= 11 is 1.76. The lowest BCUT2D eigenvalue weighted by Crippen LogP contribution is -2.13. The van der Waals surface area contributed by atoms with Crippen molar-refractivity contribution in [2.75, 3.05) is 6.54 Å². The van der Waals surface area contributed by atoms with Crippen LogP contribution in [-0.4, -0.2) is 17.6 Å². The van der Waals surface area contributed by atoms with Crippen LogP contribution in [-0.2, 0) is 0 Å².